The number of thioether (sulfide) groups is 1. The molecule has 0 saturated heterocycles. The summed E-state index contributed by atoms with van der Waals surface area (Å²) in [5.41, 5.74) is 4.64. The van der Waals surface area contributed by atoms with Crippen molar-refractivity contribution in [3.8, 4) is 0 Å². The molecule has 1 atom stereocenters. The molecule has 0 spiro atoms. The average molecular weight is 470 g/mol. The molecule has 1 unspecified atom stereocenters. The van der Waals surface area contributed by atoms with Gasteiger partial charge >= 0.3 is 0 Å². The van der Waals surface area contributed by atoms with E-state index in [1.807, 2.05) is 81.4 Å². The summed E-state index contributed by atoms with van der Waals surface area (Å²) >= 11 is 13.0. The predicted molar refractivity (Wildman–Crippen MR) is 138 cm³/mol. The van der Waals surface area contributed by atoms with Gasteiger partial charge in [-0.1, -0.05) is 41.4 Å². The minimum absolute atomic E-state index is 0.0835. The Kier molecular flexibility index (Phi) is 7.96. The molecule has 1 amide bonds. The molecule has 31 heavy (non-hydrogen) atoms. The standard InChI is InChI=1S/C24H24ClN3OS2/c1-15-7-10-18(11-8-15)27-24(30)28-19-5-4-6-21(13-19)31-17(3)23(29)26-20-12-9-16(2)22(25)14-20/h4-14,17H,1-3H3,(H,26,29)(H2,27,28,30). The molecule has 3 aromatic carbocycles. The second kappa shape index (κ2) is 10.7. The van der Waals surface area contributed by atoms with Crippen LogP contribution in [0.2, 0.25) is 5.02 Å². The fourth-order valence-corrected chi connectivity index (χ4v) is 4.09. The zero-order chi connectivity index (χ0) is 22.4. The van der Waals surface area contributed by atoms with Crippen LogP contribution < -0.4 is 16.0 Å². The number of carbonyl (C=O) groups excluding carboxylic acids is 1. The van der Waals surface area contributed by atoms with E-state index in [-0.39, 0.29) is 11.2 Å². The number of hydrogen-bond acceptors (Lipinski definition) is 3. The van der Waals surface area contributed by atoms with Crippen LogP contribution in [0.3, 0.4) is 0 Å². The lowest BCUT2D eigenvalue weighted by molar-refractivity contribution is -0.115. The van der Waals surface area contributed by atoms with Crippen LogP contribution in [0, 0.1) is 13.8 Å². The minimum Gasteiger partial charge on any atom is -0.332 e. The normalized spacial score (nSPS) is 11.5. The van der Waals surface area contributed by atoms with Crippen molar-refractivity contribution in [2.24, 2.45) is 0 Å². The molecule has 3 rings (SSSR count). The minimum atomic E-state index is -0.284. The monoisotopic (exact) mass is 469 g/mol. The topological polar surface area (TPSA) is 53.2 Å². The number of carbonyl (C=O) groups is 1. The van der Waals surface area contributed by atoms with Gasteiger partial charge in [0.05, 0.1) is 5.25 Å². The van der Waals surface area contributed by atoms with Crippen molar-refractivity contribution < 1.29 is 4.79 Å². The van der Waals surface area contributed by atoms with Gasteiger partial charge in [-0.25, -0.2) is 0 Å². The van der Waals surface area contributed by atoms with Crippen molar-refractivity contribution in [3.05, 3.63) is 82.9 Å². The third kappa shape index (κ3) is 6.99. The molecule has 3 aromatic rings. The van der Waals surface area contributed by atoms with Crippen molar-refractivity contribution >= 4 is 63.7 Å². The summed E-state index contributed by atoms with van der Waals surface area (Å²) in [6, 6.07) is 21.3. The van der Waals surface area contributed by atoms with Crippen LogP contribution in [-0.2, 0) is 4.79 Å². The summed E-state index contributed by atoms with van der Waals surface area (Å²) in [6.07, 6.45) is 0. The first-order chi connectivity index (χ1) is 14.8. The first-order valence-corrected chi connectivity index (χ1v) is 11.4. The molecule has 160 valence electrons. The Balaban J connectivity index is 1.57. The van der Waals surface area contributed by atoms with Gasteiger partial charge in [-0.15, -0.1) is 11.8 Å². The molecule has 0 heterocycles. The lowest BCUT2D eigenvalue weighted by Crippen LogP contribution is -2.22. The number of nitrogens with one attached hydrogen (secondary N) is 3. The second-order valence-corrected chi connectivity index (χ2v) is 9.42. The summed E-state index contributed by atoms with van der Waals surface area (Å²) in [4.78, 5) is 13.5. The molecule has 0 bridgehead atoms. The van der Waals surface area contributed by atoms with Crippen molar-refractivity contribution in [2.75, 3.05) is 16.0 Å². The number of benzene rings is 3. The van der Waals surface area contributed by atoms with Gasteiger partial charge < -0.3 is 16.0 Å². The molecular weight excluding hydrogens is 446 g/mol. The van der Waals surface area contributed by atoms with Crippen molar-refractivity contribution in [1.29, 1.82) is 0 Å². The Morgan fingerprint density at radius 1 is 0.903 bits per heavy atom. The van der Waals surface area contributed by atoms with Crippen LogP contribution in [-0.4, -0.2) is 16.3 Å². The summed E-state index contributed by atoms with van der Waals surface area (Å²) in [6.45, 7) is 5.84. The molecule has 0 radical (unpaired) electrons. The van der Waals surface area contributed by atoms with Gasteiger partial charge in [0.1, 0.15) is 0 Å². The molecule has 0 aromatic heterocycles. The summed E-state index contributed by atoms with van der Waals surface area (Å²) < 4.78 is 0. The fraction of sp³-hybridized carbons (Fsp3) is 0.167. The summed E-state index contributed by atoms with van der Waals surface area (Å²) in [5.74, 6) is -0.0835. The molecule has 0 aliphatic rings. The van der Waals surface area contributed by atoms with E-state index in [1.165, 1.54) is 17.3 Å². The molecule has 3 N–H and O–H groups in total. The van der Waals surface area contributed by atoms with Crippen LogP contribution in [0.5, 0.6) is 0 Å². The Morgan fingerprint density at radius 2 is 1.55 bits per heavy atom. The van der Waals surface area contributed by atoms with Gasteiger partial charge in [-0.2, -0.15) is 0 Å². The maximum Gasteiger partial charge on any atom is 0.237 e. The van der Waals surface area contributed by atoms with Crippen LogP contribution in [0.1, 0.15) is 18.1 Å². The van der Waals surface area contributed by atoms with Crippen LogP contribution >= 0.6 is 35.6 Å². The van der Waals surface area contributed by atoms with Crippen molar-refractivity contribution in [1.82, 2.24) is 0 Å². The SMILES string of the molecule is Cc1ccc(NC(=S)Nc2cccc(SC(C)C(=O)Nc3ccc(C)c(Cl)c3)c2)cc1. The molecule has 7 heteroatoms. The Labute approximate surface area is 197 Å². The van der Waals surface area contributed by atoms with Gasteiger partial charge in [0, 0.05) is 27.0 Å². The molecule has 0 fully saturated rings. The van der Waals surface area contributed by atoms with E-state index >= 15 is 0 Å². The number of aryl methyl sites for hydroxylation is 2. The molecule has 0 saturated carbocycles. The van der Waals surface area contributed by atoms with Gasteiger partial charge in [-0.3, -0.25) is 4.79 Å². The van der Waals surface area contributed by atoms with E-state index < -0.39 is 0 Å². The van der Waals surface area contributed by atoms with Crippen LogP contribution in [0.4, 0.5) is 17.1 Å². The van der Waals surface area contributed by atoms with Gasteiger partial charge in [-0.05, 0) is 81.0 Å². The van der Waals surface area contributed by atoms with Crippen LogP contribution in [0.15, 0.2) is 71.6 Å². The van der Waals surface area contributed by atoms with Crippen LogP contribution in [0.25, 0.3) is 0 Å². The number of hydrogen-bond donors (Lipinski definition) is 3. The van der Waals surface area contributed by atoms with E-state index in [1.54, 1.807) is 6.07 Å². The highest BCUT2D eigenvalue weighted by molar-refractivity contribution is 8.00. The van der Waals surface area contributed by atoms with E-state index in [0.717, 1.165) is 21.8 Å². The van der Waals surface area contributed by atoms with Crippen molar-refractivity contribution in [3.63, 3.8) is 0 Å². The fourth-order valence-electron chi connectivity index (χ4n) is 2.75. The third-order valence-electron chi connectivity index (χ3n) is 4.52. The lowest BCUT2D eigenvalue weighted by Gasteiger charge is -2.14. The third-order valence-corrected chi connectivity index (χ3v) is 6.23. The highest BCUT2D eigenvalue weighted by Crippen LogP contribution is 2.27. The number of anilines is 3. The van der Waals surface area contributed by atoms with Gasteiger partial charge in [0.25, 0.3) is 0 Å². The highest BCUT2D eigenvalue weighted by atomic mass is 35.5. The first-order valence-electron chi connectivity index (χ1n) is 9.78. The van der Waals surface area contributed by atoms with Gasteiger partial charge in [0.2, 0.25) is 5.91 Å². The summed E-state index contributed by atoms with van der Waals surface area (Å²) in [5, 5.41) is 10.1. The average Bonchev–Trinajstić information content (AvgIpc) is 2.72. The predicted octanol–water partition coefficient (Wildman–Crippen LogP) is 6.89. The van der Waals surface area contributed by atoms with E-state index in [2.05, 4.69) is 16.0 Å². The number of thiocarbonyl (C=S) groups is 1. The molecular formula is C24H24ClN3OS2. The zero-order valence-electron chi connectivity index (χ0n) is 17.5. The van der Waals surface area contributed by atoms with Gasteiger partial charge in [0.15, 0.2) is 5.11 Å². The Bertz CT molecular complexity index is 1090. The Hall–Kier alpha value is -2.54. The smallest absolute Gasteiger partial charge is 0.237 e. The van der Waals surface area contributed by atoms with E-state index in [0.29, 0.717) is 15.8 Å². The second-order valence-electron chi connectivity index (χ2n) is 7.19. The zero-order valence-corrected chi connectivity index (χ0v) is 19.9. The number of halogens is 1. The summed E-state index contributed by atoms with van der Waals surface area (Å²) in [7, 11) is 0. The number of rotatable bonds is 6. The molecule has 0 aliphatic heterocycles. The number of amides is 1. The lowest BCUT2D eigenvalue weighted by atomic mass is 10.2. The molecule has 4 nitrogen and oxygen atoms in total. The van der Waals surface area contributed by atoms with E-state index in [4.69, 9.17) is 23.8 Å². The maximum atomic E-state index is 12.6. The molecule has 0 aliphatic carbocycles. The highest BCUT2D eigenvalue weighted by Gasteiger charge is 2.15. The Morgan fingerprint density at radius 3 is 2.26 bits per heavy atom. The van der Waals surface area contributed by atoms with E-state index in [9.17, 15) is 4.79 Å². The quantitative estimate of drug-likeness (QED) is 0.271. The first kappa shape index (κ1) is 23.1. The van der Waals surface area contributed by atoms with Crippen molar-refractivity contribution in [2.45, 2.75) is 30.9 Å². The maximum absolute atomic E-state index is 12.6. The largest absolute Gasteiger partial charge is 0.332 e.